The van der Waals surface area contributed by atoms with Crippen LogP contribution in [0.3, 0.4) is 0 Å². The van der Waals surface area contributed by atoms with Gasteiger partial charge in [-0.05, 0) is 37.1 Å². The summed E-state index contributed by atoms with van der Waals surface area (Å²) in [5.41, 5.74) is 1.88. The van der Waals surface area contributed by atoms with Gasteiger partial charge in [-0.15, -0.1) is 0 Å². The SMILES string of the molecule is CCN1C(=O)CC[C@@H](C(=O)NCc2ccnn2C)[C@@H]1c1ccc(OC)cc1. The Labute approximate surface area is 159 Å². The molecule has 7 nitrogen and oxygen atoms in total. The predicted molar refractivity (Wildman–Crippen MR) is 101 cm³/mol. The predicted octanol–water partition coefficient (Wildman–Crippen LogP) is 2.04. The van der Waals surface area contributed by atoms with E-state index < -0.39 is 0 Å². The number of nitrogens with one attached hydrogen (secondary N) is 1. The number of hydrogen-bond acceptors (Lipinski definition) is 4. The molecule has 1 fully saturated rings. The Morgan fingerprint density at radius 2 is 2.04 bits per heavy atom. The number of amides is 2. The van der Waals surface area contributed by atoms with Crippen LogP contribution in [0.15, 0.2) is 36.5 Å². The topological polar surface area (TPSA) is 76.5 Å². The number of methoxy groups -OCH3 is 1. The third kappa shape index (κ3) is 3.97. The average Bonchev–Trinajstić information content (AvgIpc) is 3.10. The standard InChI is InChI=1S/C20H26N4O3/c1-4-24-18(25)10-9-17(19(24)14-5-7-16(27-3)8-6-14)20(26)21-13-15-11-12-22-23(15)2/h5-8,11-12,17,19H,4,9-10,13H2,1-3H3,(H,21,26)/t17-,19+/m1/s1. The molecule has 2 atom stereocenters. The largest absolute Gasteiger partial charge is 0.497 e. The highest BCUT2D eigenvalue weighted by Gasteiger charge is 2.39. The first kappa shape index (κ1) is 18.9. The molecular weight excluding hydrogens is 344 g/mol. The van der Waals surface area contributed by atoms with Gasteiger partial charge in [0.2, 0.25) is 11.8 Å². The molecule has 1 aliphatic rings. The number of hydrogen-bond donors (Lipinski definition) is 1. The van der Waals surface area contributed by atoms with Crippen molar-refractivity contribution in [1.82, 2.24) is 20.0 Å². The molecule has 1 aromatic heterocycles. The Bertz CT molecular complexity index is 800. The fourth-order valence-corrected chi connectivity index (χ4v) is 3.70. The highest BCUT2D eigenvalue weighted by Crippen LogP contribution is 2.37. The normalized spacial score (nSPS) is 19.8. The summed E-state index contributed by atoms with van der Waals surface area (Å²) in [5, 5.41) is 7.14. The molecule has 2 amide bonds. The molecule has 1 aliphatic heterocycles. The maximum atomic E-state index is 13.0. The molecule has 0 saturated carbocycles. The molecule has 7 heteroatoms. The van der Waals surface area contributed by atoms with Gasteiger partial charge < -0.3 is 15.0 Å². The number of ether oxygens (including phenoxy) is 1. The quantitative estimate of drug-likeness (QED) is 0.844. The van der Waals surface area contributed by atoms with Gasteiger partial charge in [0.05, 0.1) is 31.3 Å². The molecular formula is C20H26N4O3. The number of piperidine rings is 1. The lowest BCUT2D eigenvalue weighted by Gasteiger charge is -2.40. The van der Waals surface area contributed by atoms with Crippen LogP contribution in [0, 0.1) is 5.92 Å². The van der Waals surface area contributed by atoms with E-state index in [-0.39, 0.29) is 23.8 Å². The summed E-state index contributed by atoms with van der Waals surface area (Å²) in [7, 11) is 3.46. The van der Waals surface area contributed by atoms with Crippen LogP contribution >= 0.6 is 0 Å². The Morgan fingerprint density at radius 1 is 1.30 bits per heavy atom. The van der Waals surface area contributed by atoms with Crippen LogP contribution < -0.4 is 10.1 Å². The van der Waals surface area contributed by atoms with Crippen molar-refractivity contribution < 1.29 is 14.3 Å². The van der Waals surface area contributed by atoms with E-state index in [1.165, 1.54) is 0 Å². The fourth-order valence-electron chi connectivity index (χ4n) is 3.70. The first-order valence-corrected chi connectivity index (χ1v) is 9.23. The molecule has 27 heavy (non-hydrogen) atoms. The number of carbonyl (C=O) groups excluding carboxylic acids is 2. The van der Waals surface area contributed by atoms with Crippen LogP contribution in [0.2, 0.25) is 0 Å². The van der Waals surface area contributed by atoms with Crippen LogP contribution in [0.4, 0.5) is 0 Å². The van der Waals surface area contributed by atoms with Gasteiger partial charge in [0.1, 0.15) is 5.75 Å². The summed E-state index contributed by atoms with van der Waals surface area (Å²) in [5.74, 6) is 0.516. The second-order valence-corrected chi connectivity index (χ2v) is 6.71. The smallest absolute Gasteiger partial charge is 0.225 e. The first-order valence-electron chi connectivity index (χ1n) is 9.23. The fraction of sp³-hybridized carbons (Fsp3) is 0.450. The zero-order valence-corrected chi connectivity index (χ0v) is 16.0. The number of aryl methyl sites for hydroxylation is 1. The summed E-state index contributed by atoms with van der Waals surface area (Å²) in [6.07, 6.45) is 2.65. The summed E-state index contributed by atoms with van der Waals surface area (Å²) >= 11 is 0. The van der Waals surface area contributed by atoms with Gasteiger partial charge in [-0.1, -0.05) is 12.1 Å². The van der Waals surface area contributed by atoms with Crippen molar-refractivity contribution in [3.63, 3.8) is 0 Å². The third-order valence-corrected chi connectivity index (χ3v) is 5.21. The average molecular weight is 370 g/mol. The lowest BCUT2D eigenvalue weighted by molar-refractivity contribution is -0.143. The molecule has 0 radical (unpaired) electrons. The van der Waals surface area contributed by atoms with E-state index in [1.54, 1.807) is 22.9 Å². The van der Waals surface area contributed by atoms with Gasteiger partial charge in [0.25, 0.3) is 0 Å². The summed E-state index contributed by atoms with van der Waals surface area (Å²) in [6.45, 7) is 2.94. The van der Waals surface area contributed by atoms with Crippen molar-refractivity contribution >= 4 is 11.8 Å². The molecule has 0 spiro atoms. The molecule has 1 N–H and O–H groups in total. The molecule has 1 aromatic carbocycles. The minimum absolute atomic E-state index is 0.0389. The van der Waals surface area contributed by atoms with Crippen LogP contribution in [0.1, 0.15) is 37.1 Å². The molecule has 144 valence electrons. The van der Waals surface area contributed by atoms with Crippen LogP contribution in [-0.2, 0) is 23.2 Å². The van der Waals surface area contributed by atoms with E-state index in [9.17, 15) is 9.59 Å². The van der Waals surface area contributed by atoms with E-state index in [0.29, 0.717) is 25.9 Å². The van der Waals surface area contributed by atoms with Gasteiger partial charge >= 0.3 is 0 Å². The highest BCUT2D eigenvalue weighted by molar-refractivity contribution is 5.85. The van der Waals surface area contributed by atoms with Crippen LogP contribution in [0.25, 0.3) is 0 Å². The Morgan fingerprint density at radius 3 is 2.63 bits per heavy atom. The van der Waals surface area contributed by atoms with Crippen molar-refractivity contribution in [3.8, 4) is 5.75 Å². The van der Waals surface area contributed by atoms with Gasteiger partial charge in [0.15, 0.2) is 0 Å². The van der Waals surface area contributed by atoms with Crippen molar-refractivity contribution in [2.45, 2.75) is 32.4 Å². The van der Waals surface area contributed by atoms with Crippen molar-refractivity contribution in [1.29, 1.82) is 0 Å². The number of benzene rings is 1. The summed E-state index contributed by atoms with van der Waals surface area (Å²) in [4.78, 5) is 27.2. The molecule has 3 rings (SSSR count). The Kier molecular flexibility index (Phi) is 5.78. The zero-order valence-electron chi connectivity index (χ0n) is 16.0. The van der Waals surface area contributed by atoms with E-state index in [2.05, 4.69) is 10.4 Å². The number of carbonyl (C=O) groups is 2. The van der Waals surface area contributed by atoms with E-state index >= 15 is 0 Å². The maximum Gasteiger partial charge on any atom is 0.225 e. The van der Waals surface area contributed by atoms with Gasteiger partial charge in [-0.2, -0.15) is 5.10 Å². The molecule has 0 aliphatic carbocycles. The summed E-state index contributed by atoms with van der Waals surface area (Å²) < 4.78 is 6.97. The van der Waals surface area contributed by atoms with Crippen molar-refractivity contribution in [2.24, 2.45) is 13.0 Å². The van der Waals surface area contributed by atoms with Gasteiger partial charge in [-0.25, -0.2) is 0 Å². The first-order chi connectivity index (χ1) is 13.0. The Balaban J connectivity index is 1.82. The monoisotopic (exact) mass is 370 g/mol. The van der Waals surface area contributed by atoms with E-state index in [4.69, 9.17) is 4.74 Å². The third-order valence-electron chi connectivity index (χ3n) is 5.21. The van der Waals surface area contributed by atoms with Gasteiger partial charge in [0, 0.05) is 26.2 Å². The number of aromatic nitrogens is 2. The van der Waals surface area contributed by atoms with Crippen LogP contribution in [-0.4, -0.2) is 40.1 Å². The van der Waals surface area contributed by atoms with Gasteiger partial charge in [-0.3, -0.25) is 14.3 Å². The van der Waals surface area contributed by atoms with Crippen molar-refractivity contribution in [3.05, 3.63) is 47.8 Å². The van der Waals surface area contributed by atoms with E-state index in [0.717, 1.165) is 17.0 Å². The summed E-state index contributed by atoms with van der Waals surface area (Å²) in [6, 6.07) is 9.22. The molecule has 2 heterocycles. The minimum Gasteiger partial charge on any atom is -0.497 e. The lowest BCUT2D eigenvalue weighted by atomic mass is 9.83. The molecule has 0 bridgehead atoms. The molecule has 0 unspecified atom stereocenters. The maximum absolute atomic E-state index is 13.0. The minimum atomic E-state index is -0.288. The molecule has 1 saturated heterocycles. The lowest BCUT2D eigenvalue weighted by Crippen LogP contribution is -2.47. The number of likely N-dealkylation sites (tertiary alicyclic amines) is 1. The van der Waals surface area contributed by atoms with Crippen LogP contribution in [0.5, 0.6) is 5.75 Å². The highest BCUT2D eigenvalue weighted by atomic mass is 16.5. The second-order valence-electron chi connectivity index (χ2n) is 6.71. The zero-order chi connectivity index (χ0) is 19.4. The number of nitrogens with zero attached hydrogens (tertiary/aromatic N) is 3. The number of rotatable bonds is 6. The van der Waals surface area contributed by atoms with Crippen molar-refractivity contribution in [2.75, 3.05) is 13.7 Å². The molecule has 2 aromatic rings. The van der Waals surface area contributed by atoms with E-state index in [1.807, 2.05) is 44.3 Å². The second kappa shape index (κ2) is 8.24. The Hall–Kier alpha value is -2.83.